The standard InChI is InChI=1S/C14H23N3O3S2/c1-14(2,15)10-16-12(18)9-11-5-6-13(21-11)22(19,20)17-7-3-4-8-17/h5-6H,3-4,7-10,15H2,1-2H3,(H,16,18). The van der Waals surface area contributed by atoms with Gasteiger partial charge >= 0.3 is 0 Å². The van der Waals surface area contributed by atoms with Gasteiger partial charge in [-0.25, -0.2) is 8.42 Å². The number of carbonyl (C=O) groups is 1. The zero-order chi connectivity index (χ0) is 16.4. The molecular formula is C14H23N3O3S2. The molecule has 1 saturated heterocycles. The van der Waals surface area contributed by atoms with E-state index in [1.54, 1.807) is 12.1 Å². The van der Waals surface area contributed by atoms with Crippen LogP contribution in [0.2, 0.25) is 0 Å². The molecular weight excluding hydrogens is 322 g/mol. The van der Waals surface area contributed by atoms with Crippen molar-refractivity contribution in [2.24, 2.45) is 5.73 Å². The number of nitrogens with two attached hydrogens (primary N) is 1. The first-order valence-corrected chi connectivity index (χ1v) is 9.58. The Morgan fingerprint density at radius 3 is 2.59 bits per heavy atom. The Morgan fingerprint density at radius 2 is 2.00 bits per heavy atom. The SMILES string of the molecule is CC(C)(N)CNC(=O)Cc1ccc(S(=O)(=O)N2CCCC2)s1. The van der Waals surface area contributed by atoms with Gasteiger partial charge in [0.05, 0.1) is 6.42 Å². The Labute approximate surface area is 135 Å². The third kappa shape index (κ3) is 4.52. The summed E-state index contributed by atoms with van der Waals surface area (Å²) >= 11 is 1.17. The first kappa shape index (κ1) is 17.4. The predicted octanol–water partition coefficient (Wildman–Crippen LogP) is 0.929. The van der Waals surface area contributed by atoms with Gasteiger partial charge in [0, 0.05) is 30.1 Å². The van der Waals surface area contributed by atoms with Gasteiger partial charge in [-0.2, -0.15) is 4.31 Å². The molecule has 1 aromatic rings. The third-order valence-electron chi connectivity index (χ3n) is 3.37. The highest BCUT2D eigenvalue weighted by Gasteiger charge is 2.28. The second-order valence-corrected chi connectivity index (χ2v) is 9.61. The molecule has 6 nitrogen and oxygen atoms in total. The van der Waals surface area contributed by atoms with Crippen LogP contribution in [0.4, 0.5) is 0 Å². The van der Waals surface area contributed by atoms with Crippen LogP contribution in [0.15, 0.2) is 16.3 Å². The monoisotopic (exact) mass is 345 g/mol. The van der Waals surface area contributed by atoms with Crippen molar-refractivity contribution in [2.75, 3.05) is 19.6 Å². The number of hydrogen-bond donors (Lipinski definition) is 2. The molecule has 0 radical (unpaired) electrons. The highest BCUT2D eigenvalue weighted by Crippen LogP contribution is 2.27. The lowest BCUT2D eigenvalue weighted by molar-refractivity contribution is -0.120. The number of carbonyl (C=O) groups excluding carboxylic acids is 1. The van der Waals surface area contributed by atoms with E-state index in [-0.39, 0.29) is 12.3 Å². The van der Waals surface area contributed by atoms with Crippen LogP contribution in [-0.2, 0) is 21.2 Å². The number of hydrogen-bond acceptors (Lipinski definition) is 5. The molecule has 1 fully saturated rings. The second-order valence-electron chi connectivity index (χ2n) is 6.27. The van der Waals surface area contributed by atoms with E-state index >= 15 is 0 Å². The Kier molecular flexibility index (Phi) is 5.26. The summed E-state index contributed by atoms with van der Waals surface area (Å²) in [5, 5.41) is 2.76. The van der Waals surface area contributed by atoms with Crippen LogP contribution in [0.5, 0.6) is 0 Å². The molecule has 1 aromatic heterocycles. The number of thiophene rings is 1. The summed E-state index contributed by atoms with van der Waals surface area (Å²) in [5.74, 6) is -0.148. The van der Waals surface area contributed by atoms with Gasteiger partial charge in [-0.1, -0.05) is 0 Å². The minimum Gasteiger partial charge on any atom is -0.354 e. The van der Waals surface area contributed by atoms with Crippen molar-refractivity contribution in [3.8, 4) is 0 Å². The van der Waals surface area contributed by atoms with Crippen LogP contribution in [0.1, 0.15) is 31.6 Å². The van der Waals surface area contributed by atoms with Gasteiger partial charge in [-0.3, -0.25) is 4.79 Å². The lowest BCUT2D eigenvalue weighted by Gasteiger charge is -2.18. The first-order valence-electron chi connectivity index (χ1n) is 7.33. The fraction of sp³-hybridized carbons (Fsp3) is 0.643. The van der Waals surface area contributed by atoms with E-state index in [4.69, 9.17) is 5.73 Å². The van der Waals surface area contributed by atoms with Crippen molar-refractivity contribution in [1.82, 2.24) is 9.62 Å². The maximum Gasteiger partial charge on any atom is 0.252 e. The maximum atomic E-state index is 12.4. The highest BCUT2D eigenvalue weighted by atomic mass is 32.2. The summed E-state index contributed by atoms with van der Waals surface area (Å²) in [7, 11) is -3.39. The smallest absolute Gasteiger partial charge is 0.252 e. The van der Waals surface area contributed by atoms with Crippen molar-refractivity contribution < 1.29 is 13.2 Å². The van der Waals surface area contributed by atoms with E-state index in [0.717, 1.165) is 17.7 Å². The van der Waals surface area contributed by atoms with Crippen molar-refractivity contribution >= 4 is 27.3 Å². The number of amides is 1. The molecule has 0 atom stereocenters. The Morgan fingerprint density at radius 1 is 1.36 bits per heavy atom. The lowest BCUT2D eigenvalue weighted by Crippen LogP contribution is -2.45. The van der Waals surface area contributed by atoms with Gasteiger partial charge in [0.25, 0.3) is 10.0 Å². The summed E-state index contributed by atoms with van der Waals surface area (Å²) in [6.45, 7) is 5.22. The van der Waals surface area contributed by atoms with E-state index in [1.165, 1.54) is 15.6 Å². The minimum atomic E-state index is -3.39. The number of rotatable bonds is 6. The topological polar surface area (TPSA) is 92.5 Å². The zero-order valence-electron chi connectivity index (χ0n) is 13.0. The van der Waals surface area contributed by atoms with Gasteiger partial charge in [-0.15, -0.1) is 11.3 Å². The molecule has 1 amide bonds. The molecule has 124 valence electrons. The minimum absolute atomic E-state index is 0.148. The zero-order valence-corrected chi connectivity index (χ0v) is 14.6. The number of sulfonamides is 1. The molecule has 0 bridgehead atoms. The fourth-order valence-corrected chi connectivity index (χ4v) is 5.22. The highest BCUT2D eigenvalue weighted by molar-refractivity contribution is 7.91. The summed E-state index contributed by atoms with van der Waals surface area (Å²) in [5.41, 5.74) is 5.35. The molecule has 1 aliphatic heterocycles. The van der Waals surface area contributed by atoms with Crippen LogP contribution >= 0.6 is 11.3 Å². The van der Waals surface area contributed by atoms with Gasteiger partial charge < -0.3 is 11.1 Å². The van der Waals surface area contributed by atoms with E-state index in [2.05, 4.69) is 5.32 Å². The number of nitrogens with one attached hydrogen (secondary N) is 1. The second kappa shape index (κ2) is 6.66. The Bertz CT molecular complexity index is 626. The fourth-order valence-electron chi connectivity index (χ4n) is 2.19. The molecule has 22 heavy (non-hydrogen) atoms. The van der Waals surface area contributed by atoms with Gasteiger partial charge in [0.1, 0.15) is 4.21 Å². The van der Waals surface area contributed by atoms with E-state index in [9.17, 15) is 13.2 Å². The molecule has 2 rings (SSSR count). The van der Waals surface area contributed by atoms with Gasteiger partial charge in [0.2, 0.25) is 5.91 Å². The molecule has 2 heterocycles. The predicted molar refractivity (Wildman–Crippen MR) is 87.3 cm³/mol. The summed E-state index contributed by atoms with van der Waals surface area (Å²) < 4.78 is 26.6. The summed E-state index contributed by atoms with van der Waals surface area (Å²) in [4.78, 5) is 12.6. The van der Waals surface area contributed by atoms with Crippen molar-refractivity contribution in [3.05, 3.63) is 17.0 Å². The van der Waals surface area contributed by atoms with Crippen LogP contribution in [0, 0.1) is 0 Å². The van der Waals surface area contributed by atoms with Crippen molar-refractivity contribution in [3.63, 3.8) is 0 Å². The molecule has 0 saturated carbocycles. The van der Waals surface area contributed by atoms with E-state index in [1.807, 2.05) is 13.8 Å². The largest absolute Gasteiger partial charge is 0.354 e. The normalized spacial score (nSPS) is 16.9. The average molecular weight is 345 g/mol. The van der Waals surface area contributed by atoms with Gasteiger partial charge in [-0.05, 0) is 38.8 Å². The van der Waals surface area contributed by atoms with Crippen LogP contribution < -0.4 is 11.1 Å². The molecule has 3 N–H and O–H groups in total. The quantitative estimate of drug-likeness (QED) is 0.802. The Balaban J connectivity index is 1.98. The Hall–Kier alpha value is -0.960. The molecule has 0 unspecified atom stereocenters. The molecule has 1 aliphatic rings. The molecule has 0 aromatic carbocycles. The lowest BCUT2D eigenvalue weighted by atomic mass is 10.1. The van der Waals surface area contributed by atoms with Crippen molar-refractivity contribution in [1.29, 1.82) is 0 Å². The van der Waals surface area contributed by atoms with Crippen molar-refractivity contribution in [2.45, 2.75) is 42.9 Å². The van der Waals surface area contributed by atoms with E-state index < -0.39 is 15.6 Å². The molecule has 0 spiro atoms. The molecule has 8 heteroatoms. The van der Waals surface area contributed by atoms with E-state index in [0.29, 0.717) is 23.8 Å². The maximum absolute atomic E-state index is 12.4. The first-order chi connectivity index (χ1) is 10.2. The average Bonchev–Trinajstić information content (AvgIpc) is 3.07. The van der Waals surface area contributed by atoms with Gasteiger partial charge in [0.15, 0.2) is 0 Å². The summed E-state index contributed by atoms with van der Waals surface area (Å²) in [6, 6.07) is 3.30. The molecule has 0 aliphatic carbocycles. The number of nitrogens with zero attached hydrogens (tertiary/aromatic N) is 1. The van der Waals surface area contributed by atoms with Crippen LogP contribution in [0.3, 0.4) is 0 Å². The third-order valence-corrected chi connectivity index (χ3v) is 6.82. The van der Waals surface area contributed by atoms with Crippen LogP contribution in [-0.4, -0.2) is 43.8 Å². The van der Waals surface area contributed by atoms with Crippen LogP contribution in [0.25, 0.3) is 0 Å². The summed E-state index contributed by atoms with van der Waals surface area (Å²) in [6.07, 6.45) is 2.00.